The number of nitrogens with one attached hydrogen (secondary N) is 1. The van der Waals surface area contributed by atoms with Crippen molar-refractivity contribution < 1.29 is 14.1 Å². The van der Waals surface area contributed by atoms with Gasteiger partial charge in [-0.15, -0.1) is 0 Å². The number of anilines is 1. The number of carbonyl (C=O) groups excluding carboxylic acids is 1. The number of amides is 1. The van der Waals surface area contributed by atoms with E-state index in [4.69, 9.17) is 9.26 Å². The number of fused-ring (bicyclic) bond motifs is 1. The van der Waals surface area contributed by atoms with Crippen molar-refractivity contribution in [3.05, 3.63) is 46.4 Å². The molecule has 164 valence electrons. The number of benzene rings is 1. The molecular weight excluding hydrogens is 416 g/mol. The molecule has 0 aliphatic carbocycles. The molecule has 0 saturated carbocycles. The standard InChI is InChI=1S/C22H26N4O4S/c1-22(2,3)17-11-19(30-25-17)24-18(27)13-31-21-23-16-9-5-4-8-15(16)20(28)26(21)12-14-7-6-10-29-14/h4-5,8-9,11,14H,6-7,10,12-13H2,1-3H3,(H,24,27). The van der Waals surface area contributed by atoms with Gasteiger partial charge in [-0.05, 0) is 25.0 Å². The molecule has 4 rings (SSSR count). The number of hydrogen-bond acceptors (Lipinski definition) is 7. The van der Waals surface area contributed by atoms with Gasteiger partial charge in [-0.2, -0.15) is 0 Å². The summed E-state index contributed by atoms with van der Waals surface area (Å²) in [5.74, 6) is 0.133. The first-order valence-electron chi connectivity index (χ1n) is 10.3. The minimum absolute atomic E-state index is 0.0150. The minimum Gasteiger partial charge on any atom is -0.376 e. The van der Waals surface area contributed by atoms with Crippen molar-refractivity contribution in [2.75, 3.05) is 17.7 Å². The number of para-hydroxylation sites is 1. The van der Waals surface area contributed by atoms with Crippen molar-refractivity contribution in [3.8, 4) is 0 Å². The maximum Gasteiger partial charge on any atom is 0.262 e. The molecule has 1 aromatic carbocycles. The van der Waals surface area contributed by atoms with E-state index in [1.807, 2.05) is 32.9 Å². The molecule has 3 heterocycles. The molecule has 1 N–H and O–H groups in total. The van der Waals surface area contributed by atoms with Crippen molar-refractivity contribution >= 4 is 34.5 Å². The molecule has 1 aliphatic rings. The van der Waals surface area contributed by atoms with E-state index in [1.165, 1.54) is 11.8 Å². The Hall–Kier alpha value is -2.65. The predicted octanol–water partition coefficient (Wildman–Crippen LogP) is 3.59. The second-order valence-corrected chi connectivity index (χ2v) is 9.57. The van der Waals surface area contributed by atoms with Crippen LogP contribution < -0.4 is 10.9 Å². The molecule has 8 nitrogen and oxygen atoms in total. The summed E-state index contributed by atoms with van der Waals surface area (Å²) in [4.78, 5) is 30.2. The largest absolute Gasteiger partial charge is 0.376 e. The lowest BCUT2D eigenvalue weighted by Crippen LogP contribution is -2.29. The highest BCUT2D eigenvalue weighted by molar-refractivity contribution is 7.99. The Labute approximate surface area is 184 Å². The Bertz CT molecular complexity index is 1140. The van der Waals surface area contributed by atoms with Gasteiger partial charge in [-0.25, -0.2) is 4.98 Å². The van der Waals surface area contributed by atoms with Gasteiger partial charge in [-0.1, -0.05) is 49.8 Å². The fourth-order valence-electron chi connectivity index (χ4n) is 3.40. The number of carbonyl (C=O) groups is 1. The highest BCUT2D eigenvalue weighted by Crippen LogP contribution is 2.24. The fraction of sp³-hybridized carbons (Fsp3) is 0.455. The summed E-state index contributed by atoms with van der Waals surface area (Å²) in [6.45, 7) is 7.19. The summed E-state index contributed by atoms with van der Waals surface area (Å²) < 4.78 is 12.6. The summed E-state index contributed by atoms with van der Waals surface area (Å²) in [5.41, 5.74) is 1.09. The smallest absolute Gasteiger partial charge is 0.262 e. The van der Waals surface area contributed by atoms with Crippen LogP contribution in [0, 0.1) is 0 Å². The molecule has 1 saturated heterocycles. The van der Waals surface area contributed by atoms with Crippen LogP contribution >= 0.6 is 11.8 Å². The van der Waals surface area contributed by atoms with Gasteiger partial charge in [0.25, 0.3) is 5.56 Å². The van der Waals surface area contributed by atoms with Crippen molar-refractivity contribution in [2.24, 2.45) is 0 Å². The Morgan fingerprint density at radius 3 is 2.84 bits per heavy atom. The zero-order valence-corrected chi connectivity index (χ0v) is 18.7. The van der Waals surface area contributed by atoms with Crippen LogP contribution in [-0.4, -0.2) is 39.1 Å². The quantitative estimate of drug-likeness (QED) is 0.460. The van der Waals surface area contributed by atoms with E-state index < -0.39 is 0 Å². The molecule has 3 aromatic rings. The highest BCUT2D eigenvalue weighted by atomic mass is 32.2. The van der Waals surface area contributed by atoms with Crippen molar-refractivity contribution in [1.82, 2.24) is 14.7 Å². The van der Waals surface area contributed by atoms with Gasteiger partial charge < -0.3 is 9.26 Å². The SMILES string of the molecule is CC(C)(C)c1cc(NC(=O)CSc2nc3ccccc3c(=O)n2CC2CCCO2)on1. The summed E-state index contributed by atoms with van der Waals surface area (Å²) in [6, 6.07) is 8.97. The lowest BCUT2D eigenvalue weighted by Gasteiger charge is -2.16. The van der Waals surface area contributed by atoms with Crippen LogP contribution in [0.15, 0.2) is 44.8 Å². The number of ether oxygens (including phenoxy) is 1. The summed E-state index contributed by atoms with van der Waals surface area (Å²) in [7, 11) is 0. The molecule has 1 unspecified atom stereocenters. The maximum atomic E-state index is 13.1. The van der Waals surface area contributed by atoms with E-state index in [2.05, 4.69) is 15.5 Å². The highest BCUT2D eigenvalue weighted by Gasteiger charge is 2.22. The first kappa shape index (κ1) is 21.6. The third-order valence-corrected chi connectivity index (χ3v) is 6.09. The Morgan fingerprint density at radius 1 is 1.32 bits per heavy atom. The molecule has 2 aromatic heterocycles. The van der Waals surface area contributed by atoms with E-state index in [0.717, 1.165) is 18.5 Å². The molecule has 1 atom stereocenters. The first-order valence-corrected chi connectivity index (χ1v) is 11.3. The van der Waals surface area contributed by atoms with Gasteiger partial charge >= 0.3 is 0 Å². The molecule has 1 amide bonds. The minimum atomic E-state index is -0.257. The number of nitrogens with zero attached hydrogens (tertiary/aromatic N) is 3. The van der Waals surface area contributed by atoms with Crippen LogP contribution in [0.2, 0.25) is 0 Å². The molecular formula is C22H26N4O4S. The molecule has 1 aliphatic heterocycles. The second-order valence-electron chi connectivity index (χ2n) is 8.63. The lowest BCUT2D eigenvalue weighted by atomic mass is 9.92. The topological polar surface area (TPSA) is 99.2 Å². The van der Waals surface area contributed by atoms with Crippen molar-refractivity contribution in [1.29, 1.82) is 0 Å². The molecule has 9 heteroatoms. The van der Waals surface area contributed by atoms with Crippen LogP contribution in [0.1, 0.15) is 39.3 Å². The first-order chi connectivity index (χ1) is 14.8. The summed E-state index contributed by atoms with van der Waals surface area (Å²) in [5, 5.41) is 7.79. The monoisotopic (exact) mass is 442 g/mol. The normalized spacial score (nSPS) is 16.7. The van der Waals surface area contributed by atoms with Gasteiger partial charge in [0.2, 0.25) is 11.8 Å². The second kappa shape index (κ2) is 8.84. The van der Waals surface area contributed by atoms with Crippen LogP contribution in [0.5, 0.6) is 0 Å². The van der Waals surface area contributed by atoms with Crippen molar-refractivity contribution in [2.45, 2.75) is 56.8 Å². The third-order valence-electron chi connectivity index (χ3n) is 5.11. The average Bonchev–Trinajstić information content (AvgIpc) is 3.41. The zero-order chi connectivity index (χ0) is 22.0. The molecule has 0 radical (unpaired) electrons. The van der Waals surface area contributed by atoms with Gasteiger partial charge in [0.05, 0.1) is 35.0 Å². The zero-order valence-electron chi connectivity index (χ0n) is 17.9. The number of hydrogen-bond donors (Lipinski definition) is 1. The van der Waals surface area contributed by atoms with Gasteiger partial charge in [-0.3, -0.25) is 19.5 Å². The van der Waals surface area contributed by atoms with Gasteiger partial charge in [0.15, 0.2) is 5.16 Å². The maximum absolute atomic E-state index is 13.1. The van der Waals surface area contributed by atoms with Gasteiger partial charge in [0, 0.05) is 18.1 Å². The lowest BCUT2D eigenvalue weighted by molar-refractivity contribution is -0.113. The summed E-state index contributed by atoms with van der Waals surface area (Å²) in [6.07, 6.45) is 1.88. The fourth-order valence-corrected chi connectivity index (χ4v) is 4.21. The summed E-state index contributed by atoms with van der Waals surface area (Å²) >= 11 is 1.22. The third kappa shape index (κ3) is 4.99. The Kier molecular flexibility index (Phi) is 6.15. The molecule has 0 bridgehead atoms. The van der Waals surface area contributed by atoms with E-state index in [1.54, 1.807) is 22.8 Å². The van der Waals surface area contributed by atoms with Gasteiger partial charge in [0.1, 0.15) is 0 Å². The van der Waals surface area contributed by atoms with Crippen molar-refractivity contribution in [3.63, 3.8) is 0 Å². The van der Waals surface area contributed by atoms with E-state index in [9.17, 15) is 9.59 Å². The predicted molar refractivity (Wildman–Crippen MR) is 120 cm³/mol. The van der Waals surface area contributed by atoms with E-state index >= 15 is 0 Å². The number of aromatic nitrogens is 3. The molecule has 31 heavy (non-hydrogen) atoms. The van der Waals surface area contributed by atoms with E-state index in [-0.39, 0.29) is 28.7 Å². The van der Waals surface area contributed by atoms with Crippen LogP contribution in [0.3, 0.4) is 0 Å². The van der Waals surface area contributed by atoms with Crippen LogP contribution in [-0.2, 0) is 21.5 Å². The molecule has 1 fully saturated rings. The average molecular weight is 443 g/mol. The number of thioether (sulfide) groups is 1. The Morgan fingerprint density at radius 2 is 2.13 bits per heavy atom. The van der Waals surface area contributed by atoms with E-state index in [0.29, 0.717) is 35.1 Å². The van der Waals surface area contributed by atoms with Crippen LogP contribution in [0.25, 0.3) is 10.9 Å². The Balaban J connectivity index is 1.52. The molecule has 0 spiro atoms. The number of rotatable bonds is 6. The van der Waals surface area contributed by atoms with Crippen LogP contribution in [0.4, 0.5) is 5.88 Å².